The molecule has 1 N–H and O–H groups in total. The Morgan fingerprint density at radius 3 is 2.64 bits per heavy atom. The largest absolute Gasteiger partial charge is 0.416 e. The van der Waals surface area contributed by atoms with E-state index in [9.17, 15) is 18.0 Å². The number of alkyl halides is 3. The minimum Gasteiger partial charge on any atom is -0.411 e. The molecule has 33 heavy (non-hydrogen) atoms. The number of aryl methyl sites for hydroxylation is 1. The average molecular weight is 494 g/mol. The van der Waals surface area contributed by atoms with E-state index < -0.39 is 17.6 Å². The number of carbonyl (C=O) groups is 1. The molecule has 170 valence electrons. The highest BCUT2D eigenvalue weighted by molar-refractivity contribution is 7.99. The molecule has 2 heterocycles. The van der Waals surface area contributed by atoms with Crippen LogP contribution in [0.2, 0.25) is 5.02 Å². The van der Waals surface area contributed by atoms with Crippen molar-refractivity contribution in [3.05, 3.63) is 70.9 Å². The number of anilines is 1. The van der Waals surface area contributed by atoms with Gasteiger partial charge < -0.3 is 9.73 Å². The van der Waals surface area contributed by atoms with Crippen LogP contribution in [0.15, 0.2) is 64.2 Å². The van der Waals surface area contributed by atoms with Gasteiger partial charge in [0.1, 0.15) is 5.82 Å². The van der Waals surface area contributed by atoms with E-state index in [1.54, 1.807) is 37.3 Å². The summed E-state index contributed by atoms with van der Waals surface area (Å²) in [5.41, 5.74) is 0.572. The minimum absolute atomic E-state index is 0.0604. The molecule has 0 fully saturated rings. The molecule has 0 aliphatic rings. The zero-order valence-electron chi connectivity index (χ0n) is 16.9. The number of aromatic nitrogens is 4. The molecular weight excluding hydrogens is 479 g/mol. The molecule has 0 spiro atoms. The van der Waals surface area contributed by atoms with Crippen LogP contribution < -0.4 is 5.32 Å². The van der Waals surface area contributed by atoms with Crippen molar-refractivity contribution in [1.29, 1.82) is 0 Å². The summed E-state index contributed by atoms with van der Waals surface area (Å²) >= 11 is 6.89. The topological polar surface area (TPSA) is 85.8 Å². The zero-order chi connectivity index (χ0) is 23.6. The van der Waals surface area contributed by atoms with Crippen LogP contribution in [0.3, 0.4) is 0 Å². The van der Waals surface area contributed by atoms with Crippen LogP contribution in [0.5, 0.6) is 0 Å². The van der Waals surface area contributed by atoms with Crippen LogP contribution in [0.4, 0.5) is 19.0 Å². The Morgan fingerprint density at radius 2 is 1.91 bits per heavy atom. The number of benzene rings is 2. The van der Waals surface area contributed by atoms with Gasteiger partial charge in [0.2, 0.25) is 11.8 Å². The highest BCUT2D eigenvalue weighted by Gasteiger charge is 2.30. The van der Waals surface area contributed by atoms with E-state index in [4.69, 9.17) is 16.0 Å². The fourth-order valence-electron chi connectivity index (χ4n) is 2.88. The highest BCUT2D eigenvalue weighted by atomic mass is 35.5. The third kappa shape index (κ3) is 5.55. The normalized spacial score (nSPS) is 11.5. The predicted molar refractivity (Wildman–Crippen MR) is 117 cm³/mol. The van der Waals surface area contributed by atoms with Gasteiger partial charge in [-0.05, 0) is 49.4 Å². The third-order valence-corrected chi connectivity index (χ3v) is 5.41. The lowest BCUT2D eigenvalue weighted by molar-refractivity contribution is -0.137. The monoisotopic (exact) mass is 493 g/mol. The Labute approximate surface area is 195 Å². The van der Waals surface area contributed by atoms with Crippen LogP contribution in [-0.4, -0.2) is 31.6 Å². The minimum atomic E-state index is -4.49. The Bertz CT molecular complexity index is 1290. The summed E-state index contributed by atoms with van der Waals surface area (Å²) in [6.45, 7) is 1.67. The molecule has 0 bridgehead atoms. The lowest BCUT2D eigenvalue weighted by Crippen LogP contribution is -2.17. The smallest absolute Gasteiger partial charge is 0.411 e. The SMILES string of the molecule is Cc1cc(NC(=O)CSc2nnc(-c3ccc(Cl)cc3)o2)n(-c2cccc(C(F)(F)F)c2)n1. The summed E-state index contributed by atoms with van der Waals surface area (Å²) in [5, 5.41) is 15.5. The van der Waals surface area contributed by atoms with Gasteiger partial charge >= 0.3 is 6.18 Å². The Kier molecular flexibility index (Phi) is 6.43. The van der Waals surface area contributed by atoms with E-state index in [0.29, 0.717) is 16.3 Å². The Balaban J connectivity index is 1.43. The van der Waals surface area contributed by atoms with Gasteiger partial charge in [-0.25, -0.2) is 4.68 Å². The second-order valence-corrected chi connectivity index (χ2v) is 8.21. The van der Waals surface area contributed by atoms with Gasteiger partial charge in [0, 0.05) is 16.7 Å². The maximum Gasteiger partial charge on any atom is 0.416 e. The van der Waals surface area contributed by atoms with Gasteiger partial charge in [0.05, 0.1) is 22.7 Å². The van der Waals surface area contributed by atoms with Crippen molar-refractivity contribution >= 4 is 35.1 Å². The van der Waals surface area contributed by atoms with Gasteiger partial charge in [0.25, 0.3) is 5.22 Å². The average Bonchev–Trinajstić information content (AvgIpc) is 3.39. The van der Waals surface area contributed by atoms with Crippen LogP contribution >= 0.6 is 23.4 Å². The van der Waals surface area contributed by atoms with E-state index in [-0.39, 0.29) is 28.4 Å². The molecule has 7 nitrogen and oxygen atoms in total. The Hall–Kier alpha value is -3.31. The maximum absolute atomic E-state index is 13.1. The standard InChI is InChI=1S/C21H15ClF3N5O2S/c1-12-9-17(30(29-12)16-4-2-3-14(10-16)21(23,24)25)26-18(31)11-33-20-28-27-19(32-20)13-5-7-15(22)8-6-13/h2-10H,11H2,1H3,(H,26,31). The first kappa shape index (κ1) is 22.9. The summed E-state index contributed by atoms with van der Waals surface area (Å²) in [7, 11) is 0. The van der Waals surface area contributed by atoms with Gasteiger partial charge in [0.15, 0.2) is 0 Å². The molecule has 4 aromatic rings. The molecular formula is C21H15ClF3N5O2S. The fourth-order valence-corrected chi connectivity index (χ4v) is 3.57. The predicted octanol–water partition coefficient (Wildman–Crippen LogP) is 5.63. The highest BCUT2D eigenvalue weighted by Crippen LogP contribution is 2.31. The first-order valence-corrected chi connectivity index (χ1v) is 10.8. The van der Waals surface area contributed by atoms with Crippen molar-refractivity contribution in [3.8, 4) is 17.1 Å². The van der Waals surface area contributed by atoms with Crippen LogP contribution in [-0.2, 0) is 11.0 Å². The summed E-state index contributed by atoms with van der Waals surface area (Å²) in [5.74, 6) is 0.0479. The van der Waals surface area contributed by atoms with Crippen molar-refractivity contribution in [2.45, 2.75) is 18.3 Å². The number of nitrogens with one attached hydrogen (secondary N) is 1. The van der Waals surface area contributed by atoms with Crippen molar-refractivity contribution in [1.82, 2.24) is 20.0 Å². The molecule has 1 amide bonds. The molecule has 0 aliphatic carbocycles. The summed E-state index contributed by atoms with van der Waals surface area (Å²) in [6, 6.07) is 13.1. The van der Waals surface area contributed by atoms with E-state index in [1.807, 2.05) is 0 Å². The molecule has 2 aromatic heterocycles. The first-order valence-electron chi connectivity index (χ1n) is 9.45. The summed E-state index contributed by atoms with van der Waals surface area (Å²) < 4.78 is 46.0. The molecule has 0 atom stereocenters. The van der Waals surface area contributed by atoms with Crippen molar-refractivity contribution < 1.29 is 22.4 Å². The zero-order valence-corrected chi connectivity index (χ0v) is 18.5. The van der Waals surface area contributed by atoms with Crippen LogP contribution in [0, 0.1) is 6.92 Å². The lowest BCUT2D eigenvalue weighted by Gasteiger charge is -2.11. The molecule has 0 aliphatic heterocycles. The summed E-state index contributed by atoms with van der Waals surface area (Å²) in [6.07, 6.45) is -4.49. The van der Waals surface area contributed by atoms with Gasteiger partial charge in [-0.1, -0.05) is 29.4 Å². The molecule has 0 saturated heterocycles. The van der Waals surface area contributed by atoms with Crippen molar-refractivity contribution in [3.63, 3.8) is 0 Å². The number of amides is 1. The maximum atomic E-state index is 13.1. The van der Waals surface area contributed by atoms with Crippen molar-refractivity contribution in [2.24, 2.45) is 0 Å². The van der Waals surface area contributed by atoms with Gasteiger partial charge in [-0.15, -0.1) is 10.2 Å². The first-order chi connectivity index (χ1) is 15.7. The van der Waals surface area contributed by atoms with Crippen LogP contribution in [0.25, 0.3) is 17.1 Å². The van der Waals surface area contributed by atoms with Gasteiger partial charge in [-0.2, -0.15) is 18.3 Å². The second kappa shape index (κ2) is 9.28. The quantitative estimate of drug-likeness (QED) is 0.350. The van der Waals surface area contributed by atoms with Gasteiger partial charge in [-0.3, -0.25) is 4.79 Å². The van der Waals surface area contributed by atoms with E-state index in [1.165, 1.54) is 16.8 Å². The fraction of sp³-hybridized carbons (Fsp3) is 0.143. The molecule has 0 radical (unpaired) electrons. The Morgan fingerprint density at radius 1 is 1.15 bits per heavy atom. The molecule has 2 aromatic carbocycles. The van der Waals surface area contributed by atoms with E-state index in [0.717, 1.165) is 23.9 Å². The molecule has 4 rings (SSSR count). The molecule has 12 heteroatoms. The third-order valence-electron chi connectivity index (χ3n) is 4.34. The number of nitrogens with zero attached hydrogens (tertiary/aromatic N) is 4. The number of thioether (sulfide) groups is 1. The van der Waals surface area contributed by atoms with E-state index >= 15 is 0 Å². The van der Waals surface area contributed by atoms with Crippen LogP contribution in [0.1, 0.15) is 11.3 Å². The number of hydrogen-bond donors (Lipinski definition) is 1. The molecule has 0 unspecified atom stereocenters. The summed E-state index contributed by atoms with van der Waals surface area (Å²) in [4.78, 5) is 12.5. The number of halogens is 4. The number of hydrogen-bond acceptors (Lipinski definition) is 6. The number of rotatable bonds is 6. The lowest BCUT2D eigenvalue weighted by atomic mass is 10.2. The second-order valence-electron chi connectivity index (χ2n) is 6.85. The number of carbonyl (C=O) groups excluding carboxylic acids is 1. The van der Waals surface area contributed by atoms with E-state index in [2.05, 4.69) is 20.6 Å². The molecule has 0 saturated carbocycles. The van der Waals surface area contributed by atoms with Crippen molar-refractivity contribution in [2.75, 3.05) is 11.1 Å².